The van der Waals surface area contributed by atoms with Crippen molar-refractivity contribution in [3.63, 3.8) is 0 Å². The van der Waals surface area contributed by atoms with Crippen molar-refractivity contribution in [2.24, 2.45) is 0 Å². The first kappa shape index (κ1) is 14.8. The summed E-state index contributed by atoms with van der Waals surface area (Å²) >= 11 is 0. The topological polar surface area (TPSA) is 32.7 Å². The van der Waals surface area contributed by atoms with Crippen LogP contribution in [0.4, 0.5) is 0 Å². The monoisotopic (exact) mass is 281 g/mol. The highest BCUT2D eigenvalue weighted by molar-refractivity contribution is 4.94. The van der Waals surface area contributed by atoms with Crippen molar-refractivity contribution in [1.29, 1.82) is 0 Å². The Kier molecular flexibility index (Phi) is 4.40. The van der Waals surface area contributed by atoms with Crippen LogP contribution in [-0.2, 0) is 4.74 Å². The van der Waals surface area contributed by atoms with Gasteiger partial charge >= 0.3 is 0 Å². The summed E-state index contributed by atoms with van der Waals surface area (Å²) in [5.41, 5.74) is -0.236. The van der Waals surface area contributed by atoms with E-state index in [9.17, 15) is 5.11 Å². The van der Waals surface area contributed by atoms with E-state index in [1.807, 2.05) is 0 Å². The summed E-state index contributed by atoms with van der Waals surface area (Å²) in [6, 6.07) is 0.603. The van der Waals surface area contributed by atoms with Gasteiger partial charge in [0.05, 0.1) is 11.2 Å². The van der Waals surface area contributed by atoms with Crippen LogP contribution in [0.3, 0.4) is 0 Å². The highest BCUT2D eigenvalue weighted by atomic mass is 16.5. The zero-order chi connectivity index (χ0) is 14.1. The number of nitrogens with zero attached hydrogens (tertiary/aromatic N) is 1. The van der Waals surface area contributed by atoms with Gasteiger partial charge in [-0.25, -0.2) is 0 Å². The predicted molar refractivity (Wildman–Crippen MR) is 80.8 cm³/mol. The lowest BCUT2D eigenvalue weighted by Crippen LogP contribution is -2.51. The molecule has 1 N–H and O–H groups in total. The largest absolute Gasteiger partial charge is 0.389 e. The highest BCUT2D eigenvalue weighted by Crippen LogP contribution is 2.40. The van der Waals surface area contributed by atoms with Gasteiger partial charge in [0, 0.05) is 19.2 Å². The van der Waals surface area contributed by atoms with Crippen LogP contribution in [0.15, 0.2) is 0 Å². The summed E-state index contributed by atoms with van der Waals surface area (Å²) in [7, 11) is 2.21. The fraction of sp³-hybridized carbons (Fsp3) is 1.00. The first-order chi connectivity index (χ1) is 9.61. The molecule has 1 aliphatic heterocycles. The molecule has 3 rings (SSSR count). The molecule has 3 aliphatic rings. The van der Waals surface area contributed by atoms with Gasteiger partial charge in [-0.2, -0.15) is 0 Å². The molecule has 1 unspecified atom stereocenters. The van der Waals surface area contributed by atoms with Gasteiger partial charge in [-0.05, 0) is 45.6 Å². The van der Waals surface area contributed by atoms with Crippen LogP contribution in [-0.4, -0.2) is 47.4 Å². The molecule has 2 aliphatic carbocycles. The molecule has 0 aromatic heterocycles. The Morgan fingerprint density at radius 3 is 2.40 bits per heavy atom. The van der Waals surface area contributed by atoms with Gasteiger partial charge in [-0.1, -0.05) is 32.1 Å². The average molecular weight is 281 g/mol. The summed E-state index contributed by atoms with van der Waals surface area (Å²) in [6.45, 7) is 1.77. The van der Waals surface area contributed by atoms with E-state index in [1.165, 1.54) is 51.4 Å². The van der Waals surface area contributed by atoms with E-state index in [4.69, 9.17) is 4.74 Å². The first-order valence-electron chi connectivity index (χ1n) is 8.68. The maximum atomic E-state index is 10.6. The molecule has 0 amide bonds. The van der Waals surface area contributed by atoms with Crippen LogP contribution in [0, 0.1) is 0 Å². The molecule has 1 saturated heterocycles. The molecular weight excluding hydrogens is 250 g/mol. The van der Waals surface area contributed by atoms with Crippen LogP contribution in [0.2, 0.25) is 0 Å². The van der Waals surface area contributed by atoms with E-state index in [2.05, 4.69) is 11.9 Å². The second-order valence-electron chi connectivity index (χ2n) is 7.59. The summed E-state index contributed by atoms with van der Waals surface area (Å²) < 4.78 is 6.19. The minimum Gasteiger partial charge on any atom is -0.389 e. The van der Waals surface area contributed by atoms with Crippen molar-refractivity contribution < 1.29 is 9.84 Å². The summed E-state index contributed by atoms with van der Waals surface area (Å²) in [5.74, 6) is 0. The third kappa shape index (κ3) is 3.20. The highest BCUT2D eigenvalue weighted by Gasteiger charge is 2.41. The molecule has 0 radical (unpaired) electrons. The fourth-order valence-corrected chi connectivity index (χ4v) is 4.71. The molecule has 1 heterocycles. The van der Waals surface area contributed by atoms with E-state index >= 15 is 0 Å². The van der Waals surface area contributed by atoms with E-state index in [0.717, 1.165) is 32.4 Å². The minimum absolute atomic E-state index is 0.174. The van der Waals surface area contributed by atoms with Crippen LogP contribution in [0.25, 0.3) is 0 Å². The molecule has 0 aromatic rings. The maximum absolute atomic E-state index is 10.6. The SMILES string of the molecule is CN(CC1(O)CCCC1)C1CCOC2(CCCCC2)C1. The normalized spacial score (nSPS) is 32.9. The Labute approximate surface area is 123 Å². The molecule has 0 bridgehead atoms. The van der Waals surface area contributed by atoms with E-state index < -0.39 is 5.60 Å². The number of rotatable bonds is 3. The molecule has 20 heavy (non-hydrogen) atoms. The molecule has 1 atom stereocenters. The maximum Gasteiger partial charge on any atom is 0.0774 e. The van der Waals surface area contributed by atoms with Crippen LogP contribution < -0.4 is 0 Å². The van der Waals surface area contributed by atoms with Gasteiger partial charge < -0.3 is 14.7 Å². The van der Waals surface area contributed by atoms with Crippen molar-refractivity contribution >= 4 is 0 Å². The standard InChI is InChI=1S/C17H31NO2/c1-18(14-16(19)8-5-6-9-16)15-7-12-20-17(13-15)10-3-2-4-11-17/h15,19H,2-14H2,1H3. The van der Waals surface area contributed by atoms with Crippen molar-refractivity contribution in [1.82, 2.24) is 4.90 Å². The number of hydrogen-bond donors (Lipinski definition) is 1. The van der Waals surface area contributed by atoms with E-state index in [-0.39, 0.29) is 5.60 Å². The van der Waals surface area contributed by atoms with Crippen molar-refractivity contribution in [2.75, 3.05) is 20.2 Å². The molecule has 116 valence electrons. The lowest BCUT2D eigenvalue weighted by Gasteiger charge is -2.46. The molecule has 3 fully saturated rings. The second kappa shape index (κ2) is 5.94. The smallest absolute Gasteiger partial charge is 0.0774 e. The number of hydrogen-bond acceptors (Lipinski definition) is 3. The van der Waals surface area contributed by atoms with Crippen LogP contribution in [0.5, 0.6) is 0 Å². The Bertz CT molecular complexity index is 313. The van der Waals surface area contributed by atoms with Crippen molar-refractivity contribution in [2.45, 2.75) is 87.9 Å². The van der Waals surface area contributed by atoms with Gasteiger partial charge in [0.25, 0.3) is 0 Å². The average Bonchev–Trinajstić information content (AvgIpc) is 2.86. The fourth-order valence-electron chi connectivity index (χ4n) is 4.71. The zero-order valence-corrected chi connectivity index (χ0v) is 13.1. The Hall–Kier alpha value is -0.120. The third-order valence-electron chi connectivity index (χ3n) is 5.93. The lowest BCUT2D eigenvalue weighted by molar-refractivity contribution is -0.127. The second-order valence-corrected chi connectivity index (χ2v) is 7.59. The Morgan fingerprint density at radius 1 is 1.05 bits per heavy atom. The van der Waals surface area contributed by atoms with E-state index in [0.29, 0.717) is 6.04 Å². The van der Waals surface area contributed by atoms with Gasteiger partial charge in [0.2, 0.25) is 0 Å². The summed E-state index contributed by atoms with van der Waals surface area (Å²) in [4.78, 5) is 2.43. The van der Waals surface area contributed by atoms with Gasteiger partial charge in [0.15, 0.2) is 0 Å². The summed E-state index contributed by atoms with van der Waals surface area (Å²) in [5, 5.41) is 10.6. The molecule has 0 aromatic carbocycles. The lowest BCUT2D eigenvalue weighted by atomic mass is 9.78. The van der Waals surface area contributed by atoms with Gasteiger partial charge in [-0.15, -0.1) is 0 Å². The quantitative estimate of drug-likeness (QED) is 0.863. The molecule has 3 heteroatoms. The van der Waals surface area contributed by atoms with Crippen molar-refractivity contribution in [3.05, 3.63) is 0 Å². The number of aliphatic hydroxyl groups is 1. The third-order valence-corrected chi connectivity index (χ3v) is 5.93. The van der Waals surface area contributed by atoms with Crippen LogP contribution >= 0.6 is 0 Å². The predicted octanol–water partition coefficient (Wildman–Crippen LogP) is 3.11. The van der Waals surface area contributed by atoms with E-state index in [1.54, 1.807) is 0 Å². The zero-order valence-electron chi connectivity index (χ0n) is 13.1. The first-order valence-corrected chi connectivity index (χ1v) is 8.68. The van der Waals surface area contributed by atoms with Gasteiger partial charge in [0.1, 0.15) is 0 Å². The minimum atomic E-state index is -0.410. The molecular formula is C17H31NO2. The number of ether oxygens (including phenoxy) is 1. The molecule has 2 saturated carbocycles. The Balaban J connectivity index is 1.58. The van der Waals surface area contributed by atoms with Crippen molar-refractivity contribution in [3.8, 4) is 0 Å². The Morgan fingerprint density at radius 2 is 1.70 bits per heavy atom. The molecule has 1 spiro atoms. The van der Waals surface area contributed by atoms with Gasteiger partial charge in [-0.3, -0.25) is 0 Å². The molecule has 3 nitrogen and oxygen atoms in total. The van der Waals surface area contributed by atoms with Crippen LogP contribution in [0.1, 0.15) is 70.6 Å². The summed E-state index contributed by atoms with van der Waals surface area (Å²) in [6.07, 6.45) is 13.2. The number of likely N-dealkylation sites (N-methyl/N-ethyl adjacent to an activating group) is 1.